The number of allylic oxidation sites excluding steroid dienone is 1. The lowest BCUT2D eigenvalue weighted by Crippen LogP contribution is -2.08. The number of ether oxygens (including phenoxy) is 2. The Kier molecular flexibility index (Phi) is 4.49. The summed E-state index contributed by atoms with van der Waals surface area (Å²) in [4.78, 5) is 24.7. The molecule has 0 unspecified atom stereocenters. The van der Waals surface area contributed by atoms with Crippen LogP contribution in [-0.4, -0.2) is 11.8 Å². The van der Waals surface area contributed by atoms with Gasteiger partial charge >= 0.3 is 5.97 Å². The number of hydrogen-bond donors (Lipinski definition) is 0. The Balaban J connectivity index is 1.56. The first-order valence-corrected chi connectivity index (χ1v) is 8.63. The molecule has 0 aliphatic carbocycles. The predicted octanol–water partition coefficient (Wildman–Crippen LogP) is 4.97. The highest BCUT2D eigenvalue weighted by molar-refractivity contribution is 6.14. The van der Waals surface area contributed by atoms with Crippen molar-refractivity contribution < 1.29 is 23.5 Å². The number of carbonyl (C=O) groups is 2. The lowest BCUT2D eigenvalue weighted by atomic mass is 10.1. The summed E-state index contributed by atoms with van der Waals surface area (Å²) in [6.45, 7) is 1.95. The average molecular weight is 374 g/mol. The molecule has 4 rings (SSSR count). The topological polar surface area (TPSA) is 52.6 Å². The van der Waals surface area contributed by atoms with Crippen LogP contribution < -0.4 is 9.47 Å². The average Bonchev–Trinajstić information content (AvgIpc) is 2.99. The van der Waals surface area contributed by atoms with E-state index in [0.717, 1.165) is 11.1 Å². The van der Waals surface area contributed by atoms with Gasteiger partial charge in [-0.25, -0.2) is 9.18 Å². The lowest BCUT2D eigenvalue weighted by Gasteiger charge is -2.05. The van der Waals surface area contributed by atoms with E-state index in [1.165, 1.54) is 36.4 Å². The van der Waals surface area contributed by atoms with Gasteiger partial charge < -0.3 is 9.47 Å². The van der Waals surface area contributed by atoms with Gasteiger partial charge in [0.15, 0.2) is 5.76 Å². The van der Waals surface area contributed by atoms with E-state index >= 15 is 0 Å². The summed E-state index contributed by atoms with van der Waals surface area (Å²) in [5.41, 5.74) is 2.54. The fourth-order valence-corrected chi connectivity index (χ4v) is 2.87. The van der Waals surface area contributed by atoms with Crippen LogP contribution in [0.1, 0.15) is 31.8 Å². The number of carbonyl (C=O) groups excluding carboxylic acids is 2. The highest BCUT2D eigenvalue weighted by Gasteiger charge is 2.28. The highest BCUT2D eigenvalue weighted by atomic mass is 19.1. The first kappa shape index (κ1) is 17.7. The van der Waals surface area contributed by atoms with E-state index in [1.807, 2.05) is 31.2 Å². The third kappa shape index (κ3) is 3.42. The van der Waals surface area contributed by atoms with Gasteiger partial charge in [-0.2, -0.15) is 0 Å². The van der Waals surface area contributed by atoms with E-state index in [2.05, 4.69) is 0 Å². The van der Waals surface area contributed by atoms with E-state index < -0.39 is 11.8 Å². The van der Waals surface area contributed by atoms with Crippen molar-refractivity contribution in [1.82, 2.24) is 0 Å². The fourth-order valence-electron chi connectivity index (χ4n) is 2.87. The number of Topliss-reactive ketones (excluding diaryl/α,β-unsaturated/α-hetero) is 1. The molecular formula is C23H15FO4. The monoisotopic (exact) mass is 374 g/mol. The van der Waals surface area contributed by atoms with Gasteiger partial charge in [-0.3, -0.25) is 4.79 Å². The van der Waals surface area contributed by atoms with Crippen molar-refractivity contribution in [3.63, 3.8) is 0 Å². The van der Waals surface area contributed by atoms with Crippen molar-refractivity contribution in [1.29, 1.82) is 0 Å². The van der Waals surface area contributed by atoms with Crippen molar-refractivity contribution in [3.8, 4) is 11.5 Å². The number of ketones is 1. The fraction of sp³-hybridized carbons (Fsp3) is 0.0435. The largest absolute Gasteiger partial charge is 0.452 e. The van der Waals surface area contributed by atoms with E-state index in [4.69, 9.17) is 9.47 Å². The maximum Gasteiger partial charge on any atom is 0.343 e. The molecule has 0 fully saturated rings. The van der Waals surface area contributed by atoms with Crippen LogP contribution in [0.2, 0.25) is 0 Å². The molecule has 138 valence electrons. The maximum atomic E-state index is 13.0. The SMILES string of the molecule is Cc1ccccc1/C=C1\Oc2cc(OC(=O)c3ccc(F)cc3)ccc2C1=O. The first-order chi connectivity index (χ1) is 13.5. The van der Waals surface area contributed by atoms with E-state index in [1.54, 1.807) is 12.1 Å². The molecule has 0 saturated carbocycles. The van der Waals surface area contributed by atoms with Crippen molar-refractivity contribution >= 4 is 17.8 Å². The van der Waals surface area contributed by atoms with Crippen LogP contribution in [-0.2, 0) is 0 Å². The van der Waals surface area contributed by atoms with Crippen molar-refractivity contribution in [2.75, 3.05) is 0 Å². The van der Waals surface area contributed by atoms with Gasteiger partial charge in [-0.05, 0) is 60.5 Å². The molecule has 1 heterocycles. The molecule has 1 aliphatic rings. The Bertz CT molecular complexity index is 1110. The zero-order chi connectivity index (χ0) is 19.7. The normalized spacial score (nSPS) is 13.9. The second-order valence-corrected chi connectivity index (χ2v) is 6.35. The minimum atomic E-state index is -0.625. The Hall–Kier alpha value is -3.73. The van der Waals surface area contributed by atoms with Gasteiger partial charge in [-0.1, -0.05) is 24.3 Å². The van der Waals surface area contributed by atoms with Crippen molar-refractivity contribution in [2.45, 2.75) is 6.92 Å². The number of halogens is 1. The molecule has 0 saturated heterocycles. The third-order valence-electron chi connectivity index (χ3n) is 4.41. The van der Waals surface area contributed by atoms with Crippen LogP contribution in [0.25, 0.3) is 6.08 Å². The molecule has 3 aromatic carbocycles. The molecule has 1 aliphatic heterocycles. The summed E-state index contributed by atoms with van der Waals surface area (Å²) in [6.07, 6.45) is 1.70. The Morgan fingerprint density at radius 1 is 1.04 bits per heavy atom. The molecule has 0 radical (unpaired) electrons. The molecule has 28 heavy (non-hydrogen) atoms. The number of rotatable bonds is 3. The number of aryl methyl sites for hydroxylation is 1. The number of benzene rings is 3. The number of hydrogen-bond acceptors (Lipinski definition) is 4. The van der Waals surface area contributed by atoms with Crippen LogP contribution in [0.5, 0.6) is 11.5 Å². The van der Waals surface area contributed by atoms with Gasteiger partial charge in [0.25, 0.3) is 0 Å². The molecular weight excluding hydrogens is 359 g/mol. The van der Waals surface area contributed by atoms with Gasteiger partial charge in [0, 0.05) is 6.07 Å². The quantitative estimate of drug-likeness (QED) is 0.369. The molecule has 5 heteroatoms. The standard InChI is InChI=1S/C23H15FO4/c1-14-4-2-3-5-16(14)12-21-22(25)19-11-10-18(13-20(19)28-21)27-23(26)15-6-8-17(24)9-7-15/h2-13H,1H3/b21-12-. The maximum absolute atomic E-state index is 13.0. The number of fused-ring (bicyclic) bond motifs is 1. The van der Waals surface area contributed by atoms with E-state index in [-0.39, 0.29) is 22.9 Å². The molecule has 0 spiro atoms. The highest BCUT2D eigenvalue weighted by Crippen LogP contribution is 2.35. The molecule has 0 N–H and O–H groups in total. The second-order valence-electron chi connectivity index (χ2n) is 6.35. The van der Waals surface area contributed by atoms with Gasteiger partial charge in [0.1, 0.15) is 17.3 Å². The van der Waals surface area contributed by atoms with E-state index in [0.29, 0.717) is 11.3 Å². The van der Waals surface area contributed by atoms with Crippen LogP contribution in [0.3, 0.4) is 0 Å². The van der Waals surface area contributed by atoms with Gasteiger partial charge in [0.05, 0.1) is 11.1 Å². The molecule has 0 atom stereocenters. The van der Waals surface area contributed by atoms with Crippen LogP contribution in [0.4, 0.5) is 4.39 Å². The van der Waals surface area contributed by atoms with E-state index in [9.17, 15) is 14.0 Å². The minimum Gasteiger partial charge on any atom is -0.452 e. The zero-order valence-corrected chi connectivity index (χ0v) is 14.9. The molecule has 4 nitrogen and oxygen atoms in total. The van der Waals surface area contributed by atoms with Crippen LogP contribution in [0.15, 0.2) is 72.5 Å². The summed E-state index contributed by atoms with van der Waals surface area (Å²) in [6, 6.07) is 17.3. The molecule has 0 aromatic heterocycles. The van der Waals surface area contributed by atoms with Gasteiger partial charge in [0.2, 0.25) is 5.78 Å². The van der Waals surface area contributed by atoms with Crippen molar-refractivity contribution in [3.05, 3.63) is 101 Å². The number of esters is 1. The summed E-state index contributed by atoms with van der Waals surface area (Å²) in [7, 11) is 0. The molecule has 3 aromatic rings. The summed E-state index contributed by atoms with van der Waals surface area (Å²) >= 11 is 0. The zero-order valence-electron chi connectivity index (χ0n) is 14.9. The molecule has 0 amide bonds. The summed E-state index contributed by atoms with van der Waals surface area (Å²) in [5, 5.41) is 0. The van der Waals surface area contributed by atoms with Crippen molar-refractivity contribution in [2.24, 2.45) is 0 Å². The Labute approximate surface area is 160 Å². The Morgan fingerprint density at radius 2 is 1.79 bits per heavy atom. The summed E-state index contributed by atoms with van der Waals surface area (Å²) in [5.74, 6) is -0.512. The Morgan fingerprint density at radius 3 is 2.54 bits per heavy atom. The van der Waals surface area contributed by atoms with Gasteiger partial charge in [-0.15, -0.1) is 0 Å². The lowest BCUT2D eigenvalue weighted by molar-refractivity contribution is 0.0734. The minimum absolute atomic E-state index is 0.214. The second kappa shape index (κ2) is 7.12. The smallest absolute Gasteiger partial charge is 0.343 e. The predicted molar refractivity (Wildman–Crippen MR) is 102 cm³/mol. The summed E-state index contributed by atoms with van der Waals surface area (Å²) < 4.78 is 24.0. The van der Waals surface area contributed by atoms with Crippen LogP contribution in [0, 0.1) is 12.7 Å². The molecule has 0 bridgehead atoms. The first-order valence-electron chi connectivity index (χ1n) is 8.63. The van der Waals surface area contributed by atoms with Crippen LogP contribution >= 0.6 is 0 Å². The third-order valence-corrected chi connectivity index (χ3v) is 4.41.